The molecular weight excluding hydrogens is 250 g/mol. The Kier molecular flexibility index (Phi) is 4.75. The van der Waals surface area contributed by atoms with Gasteiger partial charge in [-0.15, -0.1) is 0 Å². The zero-order chi connectivity index (χ0) is 14.8. The molecule has 1 saturated heterocycles. The van der Waals surface area contributed by atoms with Crippen LogP contribution in [0.15, 0.2) is 0 Å². The third-order valence-electron chi connectivity index (χ3n) is 3.71. The van der Waals surface area contributed by atoms with Crippen LogP contribution in [0, 0.1) is 0 Å². The molecule has 2 atom stereocenters. The van der Waals surface area contributed by atoms with Crippen LogP contribution in [0.3, 0.4) is 0 Å². The van der Waals surface area contributed by atoms with Crippen molar-refractivity contribution in [1.29, 1.82) is 0 Å². The van der Waals surface area contributed by atoms with Crippen molar-refractivity contribution in [2.75, 3.05) is 27.2 Å². The summed E-state index contributed by atoms with van der Waals surface area (Å²) in [6.45, 7) is 4.41. The van der Waals surface area contributed by atoms with E-state index in [4.69, 9.17) is 5.11 Å². The minimum absolute atomic E-state index is 0.0607. The zero-order valence-corrected chi connectivity index (χ0v) is 11.9. The number of hydrogen-bond donors (Lipinski definition) is 3. The molecule has 1 fully saturated rings. The maximum absolute atomic E-state index is 12.0. The zero-order valence-electron chi connectivity index (χ0n) is 11.9. The van der Waals surface area contributed by atoms with Crippen molar-refractivity contribution in [2.45, 2.75) is 38.0 Å². The number of aliphatic carboxylic acids is 1. The van der Waals surface area contributed by atoms with Crippen LogP contribution in [0.25, 0.3) is 0 Å². The molecule has 7 nitrogen and oxygen atoms in total. The highest BCUT2D eigenvalue weighted by Crippen LogP contribution is 2.18. The molecule has 0 spiro atoms. The number of aliphatic hydroxyl groups excluding tert-OH is 1. The normalized spacial score (nSPS) is 23.8. The van der Waals surface area contributed by atoms with E-state index in [2.05, 4.69) is 5.32 Å². The Hall–Kier alpha value is -1.34. The molecule has 1 rings (SSSR count). The minimum Gasteiger partial charge on any atom is -0.480 e. The van der Waals surface area contributed by atoms with Gasteiger partial charge < -0.3 is 25.3 Å². The van der Waals surface area contributed by atoms with Crippen LogP contribution in [0.1, 0.15) is 20.3 Å². The SMILES string of the molecule is CN(C)C(C)(C)CNC(=O)N1C[C@H](O)C[C@H]1C(=O)O. The van der Waals surface area contributed by atoms with E-state index < -0.39 is 24.1 Å². The van der Waals surface area contributed by atoms with Crippen molar-refractivity contribution in [3.8, 4) is 0 Å². The van der Waals surface area contributed by atoms with E-state index in [1.165, 1.54) is 4.90 Å². The number of nitrogens with zero attached hydrogens (tertiary/aromatic N) is 2. The van der Waals surface area contributed by atoms with Crippen molar-refractivity contribution in [3.05, 3.63) is 0 Å². The molecule has 1 heterocycles. The Labute approximate surface area is 113 Å². The van der Waals surface area contributed by atoms with Gasteiger partial charge in [0.1, 0.15) is 6.04 Å². The summed E-state index contributed by atoms with van der Waals surface area (Å²) >= 11 is 0. The molecule has 7 heteroatoms. The van der Waals surface area contributed by atoms with Crippen molar-refractivity contribution in [2.24, 2.45) is 0 Å². The Bertz CT molecular complexity index is 357. The molecule has 0 aromatic carbocycles. The second-order valence-corrected chi connectivity index (χ2v) is 5.76. The Morgan fingerprint density at radius 2 is 2.00 bits per heavy atom. The summed E-state index contributed by atoms with van der Waals surface area (Å²) in [4.78, 5) is 26.2. The number of carbonyl (C=O) groups is 2. The van der Waals surface area contributed by atoms with Gasteiger partial charge in [-0.25, -0.2) is 9.59 Å². The lowest BCUT2D eigenvalue weighted by molar-refractivity contribution is -0.141. The second-order valence-electron chi connectivity index (χ2n) is 5.76. The molecule has 1 aliphatic heterocycles. The van der Waals surface area contributed by atoms with Crippen molar-refractivity contribution in [3.63, 3.8) is 0 Å². The third kappa shape index (κ3) is 3.81. The van der Waals surface area contributed by atoms with Gasteiger partial charge in [0.15, 0.2) is 0 Å². The molecule has 0 saturated carbocycles. The number of aliphatic hydroxyl groups is 1. The quantitative estimate of drug-likeness (QED) is 0.645. The molecule has 0 unspecified atom stereocenters. The van der Waals surface area contributed by atoms with Gasteiger partial charge in [-0.05, 0) is 27.9 Å². The van der Waals surface area contributed by atoms with E-state index in [1.54, 1.807) is 0 Å². The molecule has 0 aromatic rings. The van der Waals surface area contributed by atoms with Gasteiger partial charge in [0, 0.05) is 25.0 Å². The fraction of sp³-hybridized carbons (Fsp3) is 0.833. The lowest BCUT2D eigenvalue weighted by Gasteiger charge is -2.33. The minimum atomic E-state index is -1.08. The van der Waals surface area contributed by atoms with Gasteiger partial charge in [-0.1, -0.05) is 0 Å². The first-order chi connectivity index (χ1) is 8.65. The van der Waals surface area contributed by atoms with Crippen LogP contribution >= 0.6 is 0 Å². The third-order valence-corrected chi connectivity index (χ3v) is 3.71. The van der Waals surface area contributed by atoms with Gasteiger partial charge in [0.05, 0.1) is 6.10 Å². The molecular formula is C12H23N3O4. The molecule has 1 aliphatic rings. The number of rotatable bonds is 4. The highest BCUT2D eigenvalue weighted by molar-refractivity contribution is 5.83. The lowest BCUT2D eigenvalue weighted by Crippen LogP contribution is -2.53. The molecule has 0 radical (unpaired) electrons. The summed E-state index contributed by atoms with van der Waals surface area (Å²) < 4.78 is 0. The topological polar surface area (TPSA) is 93.1 Å². The number of likely N-dealkylation sites (N-methyl/N-ethyl adjacent to an activating group) is 1. The smallest absolute Gasteiger partial charge is 0.326 e. The number of nitrogens with one attached hydrogen (secondary N) is 1. The Morgan fingerprint density at radius 3 is 2.47 bits per heavy atom. The van der Waals surface area contributed by atoms with Crippen LogP contribution in [-0.4, -0.2) is 76.9 Å². The van der Waals surface area contributed by atoms with Crippen LogP contribution < -0.4 is 5.32 Å². The van der Waals surface area contributed by atoms with Crippen LogP contribution in [-0.2, 0) is 4.79 Å². The van der Waals surface area contributed by atoms with E-state index in [1.807, 2.05) is 32.8 Å². The monoisotopic (exact) mass is 273 g/mol. The van der Waals surface area contributed by atoms with E-state index in [0.717, 1.165) is 0 Å². The second kappa shape index (κ2) is 5.75. The molecule has 3 N–H and O–H groups in total. The number of carboxylic acid groups (broad SMARTS) is 1. The number of amides is 2. The maximum Gasteiger partial charge on any atom is 0.326 e. The summed E-state index contributed by atoms with van der Waals surface area (Å²) in [5.41, 5.74) is -0.229. The van der Waals surface area contributed by atoms with E-state index in [9.17, 15) is 14.7 Å². The van der Waals surface area contributed by atoms with Gasteiger partial charge in [0.25, 0.3) is 0 Å². The molecule has 19 heavy (non-hydrogen) atoms. The first-order valence-electron chi connectivity index (χ1n) is 6.28. The van der Waals surface area contributed by atoms with Gasteiger partial charge in [-0.3, -0.25) is 0 Å². The van der Waals surface area contributed by atoms with Gasteiger partial charge in [0.2, 0.25) is 0 Å². The summed E-state index contributed by atoms with van der Waals surface area (Å²) in [6.07, 6.45) is -0.687. The fourth-order valence-electron chi connectivity index (χ4n) is 1.82. The predicted molar refractivity (Wildman–Crippen MR) is 69.9 cm³/mol. The van der Waals surface area contributed by atoms with Crippen molar-refractivity contribution >= 4 is 12.0 Å². The standard InChI is InChI=1S/C12H23N3O4/c1-12(2,14(3)4)7-13-11(19)15-6-8(16)5-9(15)10(17)18/h8-9,16H,5-7H2,1-4H3,(H,13,19)(H,17,18)/t8-,9+/m1/s1. The van der Waals surface area contributed by atoms with Gasteiger partial charge >= 0.3 is 12.0 Å². The number of likely N-dealkylation sites (tertiary alicyclic amines) is 1. The first-order valence-corrected chi connectivity index (χ1v) is 6.28. The average Bonchev–Trinajstić information content (AvgIpc) is 2.68. The average molecular weight is 273 g/mol. The lowest BCUT2D eigenvalue weighted by atomic mass is 10.0. The van der Waals surface area contributed by atoms with Crippen molar-refractivity contribution < 1.29 is 19.8 Å². The highest BCUT2D eigenvalue weighted by atomic mass is 16.4. The summed E-state index contributed by atoms with van der Waals surface area (Å²) in [5, 5.41) is 21.2. The first kappa shape index (κ1) is 15.7. The summed E-state index contributed by atoms with van der Waals surface area (Å²) in [5.74, 6) is -1.08. The largest absolute Gasteiger partial charge is 0.480 e. The fourth-order valence-corrected chi connectivity index (χ4v) is 1.82. The molecule has 2 amide bonds. The number of carbonyl (C=O) groups excluding carboxylic acids is 1. The predicted octanol–water partition coefficient (Wildman–Crippen LogP) is -0.444. The molecule has 110 valence electrons. The highest BCUT2D eigenvalue weighted by Gasteiger charge is 2.39. The summed E-state index contributed by atoms with van der Waals surface area (Å²) in [7, 11) is 3.82. The van der Waals surface area contributed by atoms with Crippen LogP contribution in [0.5, 0.6) is 0 Å². The molecule has 0 bridgehead atoms. The van der Waals surface area contributed by atoms with E-state index in [0.29, 0.717) is 6.54 Å². The number of β-amino-alcohol motifs (C(OH)–C–C–N with tert-alkyl or cyclic N) is 1. The Balaban J connectivity index is 2.60. The number of hydrogen-bond acceptors (Lipinski definition) is 4. The van der Waals surface area contributed by atoms with E-state index >= 15 is 0 Å². The summed E-state index contributed by atoms with van der Waals surface area (Å²) in [6, 6.07) is -1.39. The number of urea groups is 1. The maximum atomic E-state index is 12.0. The Morgan fingerprint density at radius 1 is 1.42 bits per heavy atom. The molecule has 0 aromatic heterocycles. The van der Waals surface area contributed by atoms with Crippen LogP contribution in [0.2, 0.25) is 0 Å². The van der Waals surface area contributed by atoms with Crippen molar-refractivity contribution in [1.82, 2.24) is 15.1 Å². The molecule has 0 aliphatic carbocycles. The van der Waals surface area contributed by atoms with Gasteiger partial charge in [-0.2, -0.15) is 0 Å². The number of carboxylic acids is 1. The van der Waals surface area contributed by atoms with E-state index in [-0.39, 0.29) is 18.5 Å². The van der Waals surface area contributed by atoms with Crippen LogP contribution in [0.4, 0.5) is 4.79 Å².